The van der Waals surface area contributed by atoms with Crippen molar-refractivity contribution in [3.05, 3.63) is 136 Å². The molecule has 1 aromatic heterocycles. The van der Waals surface area contributed by atoms with E-state index in [-0.39, 0.29) is 22.3 Å². The van der Waals surface area contributed by atoms with Crippen molar-refractivity contribution in [2.24, 2.45) is 0 Å². The molecule has 1 aliphatic heterocycles. The number of aliphatic hydroxyl groups excluding tert-OH is 1. The summed E-state index contributed by atoms with van der Waals surface area (Å²) in [5.41, 5.74) is 3.88. The predicted molar refractivity (Wildman–Crippen MR) is 176 cm³/mol. The van der Waals surface area contributed by atoms with E-state index in [0.717, 1.165) is 28.0 Å². The number of aromatic nitrogens is 2. The number of amides is 1. The Morgan fingerprint density at radius 1 is 0.935 bits per heavy atom. The first-order valence-electron chi connectivity index (χ1n) is 14.2. The zero-order valence-corrected chi connectivity index (χ0v) is 26.5. The van der Waals surface area contributed by atoms with E-state index in [9.17, 15) is 19.1 Å². The molecule has 0 radical (unpaired) electrons. The quantitative estimate of drug-likeness (QED) is 0.0544. The Labute approximate surface area is 273 Å². The lowest BCUT2D eigenvalue weighted by Crippen LogP contribution is -2.29. The molecular formula is C35H28FN3O5S2. The largest absolute Gasteiger partial charge is 0.507 e. The molecule has 2 heterocycles. The van der Waals surface area contributed by atoms with Crippen LogP contribution >= 0.6 is 23.1 Å². The van der Waals surface area contributed by atoms with Crippen LogP contribution in [0.1, 0.15) is 33.9 Å². The Balaban J connectivity index is 1.31. The van der Waals surface area contributed by atoms with Crippen molar-refractivity contribution in [1.82, 2.24) is 10.2 Å². The third-order valence-corrected chi connectivity index (χ3v) is 9.47. The number of ketones is 1. The van der Waals surface area contributed by atoms with Crippen LogP contribution in [0.25, 0.3) is 5.76 Å². The summed E-state index contributed by atoms with van der Waals surface area (Å²) >= 11 is 2.53. The second-order valence-corrected chi connectivity index (χ2v) is 12.7. The fourth-order valence-electron chi connectivity index (χ4n) is 5.07. The summed E-state index contributed by atoms with van der Waals surface area (Å²) in [5, 5.41) is 20.2. The maximum atomic E-state index is 13.6. The number of methoxy groups -OCH3 is 1. The highest BCUT2D eigenvalue weighted by Gasteiger charge is 2.48. The molecule has 1 saturated heterocycles. The smallest absolute Gasteiger partial charge is 0.301 e. The number of anilines is 1. The lowest BCUT2D eigenvalue weighted by molar-refractivity contribution is -0.132. The van der Waals surface area contributed by atoms with Crippen molar-refractivity contribution in [3.8, 4) is 11.5 Å². The number of Topliss-reactive ketones (excluding diaryl/α,β-unsaturated/α-hetero) is 1. The molecule has 1 unspecified atom stereocenters. The van der Waals surface area contributed by atoms with Crippen molar-refractivity contribution < 1.29 is 28.6 Å². The number of halogens is 1. The van der Waals surface area contributed by atoms with Crippen molar-refractivity contribution in [2.75, 3.05) is 12.0 Å². The minimum absolute atomic E-state index is 0.0811. The average molecular weight is 654 g/mol. The SMILES string of the molecule is COc1cccc(C2C(=C(O)c3ccc(OCc4cccc(C)c4)cc3)C(=O)C(=O)N2c2nnc(SCc3ccc(F)cc3)s2)c1. The molecule has 1 fully saturated rings. The molecule has 5 aromatic rings. The molecule has 232 valence electrons. The summed E-state index contributed by atoms with van der Waals surface area (Å²) in [6.45, 7) is 2.39. The van der Waals surface area contributed by atoms with Gasteiger partial charge < -0.3 is 14.6 Å². The normalized spacial score (nSPS) is 15.7. The lowest BCUT2D eigenvalue weighted by Gasteiger charge is -2.23. The summed E-state index contributed by atoms with van der Waals surface area (Å²) < 4.78 is 25.2. The zero-order valence-electron chi connectivity index (χ0n) is 24.8. The van der Waals surface area contributed by atoms with E-state index < -0.39 is 17.7 Å². The monoisotopic (exact) mass is 653 g/mol. The molecule has 8 nitrogen and oxygen atoms in total. The number of rotatable bonds is 10. The van der Waals surface area contributed by atoms with E-state index in [1.54, 1.807) is 60.7 Å². The van der Waals surface area contributed by atoms with Crippen LogP contribution < -0.4 is 14.4 Å². The van der Waals surface area contributed by atoms with E-state index >= 15 is 0 Å². The molecule has 11 heteroatoms. The van der Waals surface area contributed by atoms with Gasteiger partial charge in [-0.05, 0) is 72.1 Å². The second kappa shape index (κ2) is 13.6. The standard InChI is InChI=1S/C35H28FN3O5S2/c1-21-5-3-6-23(17-21)19-44-27-15-11-24(12-16-27)31(40)29-30(25-7-4-8-28(18-25)43-2)39(33(42)32(29)41)34-37-38-35(46-34)45-20-22-9-13-26(36)14-10-22/h3-18,30,40H,19-20H2,1-2H3. The fraction of sp³-hybridized carbons (Fsp3) is 0.143. The van der Waals surface area contributed by atoms with Gasteiger partial charge in [-0.25, -0.2) is 4.39 Å². The molecule has 1 amide bonds. The van der Waals surface area contributed by atoms with Crippen LogP contribution in [0.2, 0.25) is 0 Å². The molecule has 1 atom stereocenters. The summed E-state index contributed by atoms with van der Waals surface area (Å²) in [5.74, 6) is -0.706. The Kier molecular flexibility index (Phi) is 9.13. The van der Waals surface area contributed by atoms with Crippen LogP contribution in [0, 0.1) is 12.7 Å². The highest BCUT2D eigenvalue weighted by atomic mass is 32.2. The third-order valence-electron chi connectivity index (χ3n) is 7.35. The van der Waals surface area contributed by atoms with Crippen LogP contribution in [0.3, 0.4) is 0 Å². The van der Waals surface area contributed by atoms with Crippen molar-refractivity contribution in [1.29, 1.82) is 0 Å². The Hall–Kier alpha value is -5.00. The Bertz CT molecular complexity index is 1930. The summed E-state index contributed by atoms with van der Waals surface area (Å²) in [7, 11) is 1.52. The Morgan fingerprint density at radius 2 is 1.70 bits per heavy atom. The van der Waals surface area contributed by atoms with Gasteiger partial charge in [0.2, 0.25) is 5.13 Å². The number of hydrogen-bond donors (Lipinski definition) is 1. The van der Waals surface area contributed by atoms with Crippen molar-refractivity contribution in [3.63, 3.8) is 0 Å². The first-order valence-corrected chi connectivity index (χ1v) is 16.1. The summed E-state index contributed by atoms with van der Waals surface area (Å²) in [6.07, 6.45) is 0. The van der Waals surface area contributed by atoms with Gasteiger partial charge in [-0.3, -0.25) is 14.5 Å². The maximum absolute atomic E-state index is 13.6. The number of aryl methyl sites for hydroxylation is 1. The second-order valence-electron chi connectivity index (χ2n) is 10.5. The Morgan fingerprint density at radius 3 is 2.43 bits per heavy atom. The number of ether oxygens (including phenoxy) is 2. The van der Waals surface area contributed by atoms with Crippen LogP contribution in [0.5, 0.6) is 11.5 Å². The minimum atomic E-state index is -0.991. The molecule has 46 heavy (non-hydrogen) atoms. The number of aliphatic hydroxyl groups is 1. The number of hydrogen-bond acceptors (Lipinski definition) is 9. The predicted octanol–water partition coefficient (Wildman–Crippen LogP) is 7.49. The zero-order chi connectivity index (χ0) is 32.2. The van der Waals surface area contributed by atoms with Crippen LogP contribution in [0.15, 0.2) is 107 Å². The molecule has 0 spiro atoms. The van der Waals surface area contributed by atoms with E-state index in [1.165, 1.54) is 35.9 Å². The van der Waals surface area contributed by atoms with Gasteiger partial charge >= 0.3 is 5.91 Å². The number of thioether (sulfide) groups is 1. The molecule has 1 aliphatic rings. The van der Waals surface area contributed by atoms with Gasteiger partial charge in [0.25, 0.3) is 5.78 Å². The van der Waals surface area contributed by atoms with Gasteiger partial charge in [-0.15, -0.1) is 10.2 Å². The first-order chi connectivity index (χ1) is 22.3. The van der Waals surface area contributed by atoms with Gasteiger partial charge in [0, 0.05) is 11.3 Å². The summed E-state index contributed by atoms with van der Waals surface area (Å²) in [4.78, 5) is 28.4. The molecule has 4 aromatic carbocycles. The molecule has 0 saturated carbocycles. The first kappa shape index (κ1) is 31.0. The number of nitrogens with zero attached hydrogens (tertiary/aromatic N) is 3. The van der Waals surface area contributed by atoms with Crippen molar-refractivity contribution >= 4 is 45.7 Å². The molecule has 6 rings (SSSR count). The van der Waals surface area contributed by atoms with E-state index in [0.29, 0.717) is 39.3 Å². The van der Waals surface area contributed by atoms with Crippen LogP contribution in [0.4, 0.5) is 9.52 Å². The fourth-order valence-corrected chi connectivity index (χ4v) is 6.90. The van der Waals surface area contributed by atoms with E-state index in [4.69, 9.17) is 9.47 Å². The molecule has 1 N–H and O–H groups in total. The van der Waals surface area contributed by atoms with Gasteiger partial charge in [-0.1, -0.05) is 77.2 Å². The van der Waals surface area contributed by atoms with Gasteiger partial charge in [-0.2, -0.15) is 0 Å². The highest BCUT2D eigenvalue weighted by molar-refractivity contribution is 8.00. The lowest BCUT2D eigenvalue weighted by atomic mass is 9.95. The van der Waals surface area contributed by atoms with Crippen molar-refractivity contribution in [2.45, 2.75) is 29.7 Å². The number of benzene rings is 4. The van der Waals surface area contributed by atoms with Crippen LogP contribution in [-0.4, -0.2) is 34.1 Å². The van der Waals surface area contributed by atoms with E-state index in [1.807, 2.05) is 31.2 Å². The number of carbonyl (C=O) groups excluding carboxylic acids is 2. The summed E-state index contributed by atoms with van der Waals surface area (Å²) in [6, 6.07) is 26.8. The molecule has 0 bridgehead atoms. The van der Waals surface area contributed by atoms with E-state index in [2.05, 4.69) is 10.2 Å². The maximum Gasteiger partial charge on any atom is 0.301 e. The third kappa shape index (κ3) is 6.65. The van der Waals surface area contributed by atoms with Gasteiger partial charge in [0.05, 0.1) is 18.7 Å². The number of carbonyl (C=O) groups is 2. The minimum Gasteiger partial charge on any atom is -0.507 e. The van der Waals surface area contributed by atoms with Crippen LogP contribution in [-0.2, 0) is 21.9 Å². The van der Waals surface area contributed by atoms with Gasteiger partial charge in [0.1, 0.15) is 29.7 Å². The topological polar surface area (TPSA) is 102 Å². The highest BCUT2D eigenvalue weighted by Crippen LogP contribution is 2.44. The van der Waals surface area contributed by atoms with Gasteiger partial charge in [0.15, 0.2) is 4.34 Å². The average Bonchev–Trinajstić information content (AvgIpc) is 3.65. The molecule has 0 aliphatic carbocycles. The molecular weight excluding hydrogens is 626 g/mol.